The number of benzene rings is 1. The molecule has 1 aromatic carbocycles. The molecule has 0 spiro atoms. The van der Waals surface area contributed by atoms with Crippen molar-refractivity contribution in [3.8, 4) is 0 Å². The van der Waals surface area contributed by atoms with Crippen molar-refractivity contribution in [2.24, 2.45) is 0 Å². The van der Waals surface area contributed by atoms with Crippen LogP contribution in [0.5, 0.6) is 0 Å². The van der Waals surface area contributed by atoms with Gasteiger partial charge < -0.3 is 10.6 Å². The number of carbonyl (C=O) groups is 1. The number of fused-ring (bicyclic) bond motifs is 1. The molecule has 0 bridgehead atoms. The number of amides is 1. The summed E-state index contributed by atoms with van der Waals surface area (Å²) in [5.74, 6) is 0.500. The van der Waals surface area contributed by atoms with E-state index in [-0.39, 0.29) is 17.9 Å². The van der Waals surface area contributed by atoms with E-state index in [0.29, 0.717) is 5.82 Å². The Morgan fingerprint density at radius 2 is 1.88 bits per heavy atom. The Morgan fingerprint density at radius 1 is 1.08 bits per heavy atom. The summed E-state index contributed by atoms with van der Waals surface area (Å²) in [5.41, 5.74) is 2.43. The second-order valence-electron chi connectivity index (χ2n) is 6.82. The van der Waals surface area contributed by atoms with Crippen molar-refractivity contribution < 1.29 is 4.79 Å². The number of anilines is 2. The van der Waals surface area contributed by atoms with Gasteiger partial charge in [-0.15, -0.1) is 0 Å². The van der Waals surface area contributed by atoms with E-state index in [2.05, 4.69) is 46.4 Å². The maximum atomic E-state index is 12.2. The SMILES string of the molecule is CC(C)(C)c1cc(NC(=O)CNc2ncnc3ccccc23)ccn1. The predicted molar refractivity (Wildman–Crippen MR) is 99.6 cm³/mol. The van der Waals surface area contributed by atoms with Crippen LogP contribution in [-0.4, -0.2) is 27.4 Å². The highest BCUT2D eigenvalue weighted by Crippen LogP contribution is 2.22. The molecule has 0 atom stereocenters. The van der Waals surface area contributed by atoms with Crippen molar-refractivity contribution in [2.45, 2.75) is 26.2 Å². The molecule has 0 unspecified atom stereocenters. The van der Waals surface area contributed by atoms with Crippen molar-refractivity contribution in [2.75, 3.05) is 17.2 Å². The molecule has 0 aliphatic rings. The minimum Gasteiger partial charge on any atom is -0.360 e. The van der Waals surface area contributed by atoms with Crippen molar-refractivity contribution in [1.29, 1.82) is 0 Å². The topological polar surface area (TPSA) is 79.8 Å². The zero-order valence-electron chi connectivity index (χ0n) is 14.6. The van der Waals surface area contributed by atoms with Gasteiger partial charge in [-0.3, -0.25) is 9.78 Å². The van der Waals surface area contributed by atoms with Gasteiger partial charge in [-0.2, -0.15) is 0 Å². The molecule has 0 radical (unpaired) electrons. The number of carbonyl (C=O) groups excluding carboxylic acids is 1. The molecule has 128 valence electrons. The first kappa shape index (κ1) is 16.8. The molecule has 2 N–H and O–H groups in total. The Bertz CT molecular complexity index is 896. The molecular weight excluding hydrogens is 314 g/mol. The lowest BCUT2D eigenvalue weighted by Gasteiger charge is -2.18. The second kappa shape index (κ2) is 6.84. The van der Waals surface area contributed by atoms with Crippen LogP contribution in [0.4, 0.5) is 11.5 Å². The second-order valence-corrected chi connectivity index (χ2v) is 6.82. The quantitative estimate of drug-likeness (QED) is 0.764. The summed E-state index contributed by atoms with van der Waals surface area (Å²) < 4.78 is 0. The highest BCUT2D eigenvalue weighted by atomic mass is 16.1. The fourth-order valence-corrected chi connectivity index (χ4v) is 2.43. The molecule has 2 aromatic heterocycles. The molecule has 3 aromatic rings. The number of rotatable bonds is 4. The fourth-order valence-electron chi connectivity index (χ4n) is 2.43. The Morgan fingerprint density at radius 3 is 2.68 bits per heavy atom. The van der Waals surface area contributed by atoms with Crippen LogP contribution >= 0.6 is 0 Å². The van der Waals surface area contributed by atoms with E-state index in [0.717, 1.165) is 22.3 Å². The maximum Gasteiger partial charge on any atom is 0.243 e. The zero-order chi connectivity index (χ0) is 17.9. The number of para-hydroxylation sites is 1. The Labute approximate surface area is 146 Å². The minimum atomic E-state index is -0.145. The summed E-state index contributed by atoms with van der Waals surface area (Å²) in [5, 5.41) is 6.85. The lowest BCUT2D eigenvalue weighted by molar-refractivity contribution is -0.114. The highest BCUT2D eigenvalue weighted by molar-refractivity contribution is 5.95. The Hall–Kier alpha value is -3.02. The molecule has 1 amide bonds. The minimum absolute atomic E-state index is 0.0706. The number of nitrogens with zero attached hydrogens (tertiary/aromatic N) is 3. The molecule has 3 rings (SSSR count). The molecular formula is C19H21N5O. The molecule has 0 saturated heterocycles. The summed E-state index contributed by atoms with van der Waals surface area (Å²) in [6, 6.07) is 11.4. The lowest BCUT2D eigenvalue weighted by atomic mass is 9.91. The van der Waals surface area contributed by atoms with Crippen molar-refractivity contribution in [3.05, 3.63) is 54.6 Å². The van der Waals surface area contributed by atoms with Gasteiger partial charge in [0.05, 0.1) is 12.1 Å². The van der Waals surface area contributed by atoms with Crippen LogP contribution < -0.4 is 10.6 Å². The fraction of sp³-hybridized carbons (Fsp3) is 0.263. The number of aromatic nitrogens is 3. The van der Waals surface area contributed by atoms with Crippen molar-refractivity contribution in [1.82, 2.24) is 15.0 Å². The van der Waals surface area contributed by atoms with E-state index < -0.39 is 0 Å². The first-order chi connectivity index (χ1) is 11.9. The van der Waals surface area contributed by atoms with Gasteiger partial charge >= 0.3 is 0 Å². The first-order valence-electron chi connectivity index (χ1n) is 8.13. The normalized spacial score (nSPS) is 11.3. The Kier molecular flexibility index (Phi) is 4.61. The smallest absolute Gasteiger partial charge is 0.243 e. The molecule has 6 heteroatoms. The monoisotopic (exact) mass is 335 g/mol. The molecule has 0 aliphatic carbocycles. The van der Waals surface area contributed by atoms with E-state index in [9.17, 15) is 4.79 Å². The molecule has 0 aliphatic heterocycles. The summed E-state index contributed by atoms with van der Waals surface area (Å²) in [6.45, 7) is 6.38. The van der Waals surface area contributed by atoms with Crippen LogP contribution in [0.25, 0.3) is 10.9 Å². The van der Waals surface area contributed by atoms with Crippen molar-refractivity contribution >= 4 is 28.3 Å². The summed E-state index contributed by atoms with van der Waals surface area (Å²) in [6.07, 6.45) is 3.20. The van der Waals surface area contributed by atoms with Crippen LogP contribution in [0.1, 0.15) is 26.5 Å². The Balaban J connectivity index is 1.67. The van der Waals surface area contributed by atoms with Gasteiger partial charge in [0.15, 0.2) is 0 Å². The number of hydrogen-bond acceptors (Lipinski definition) is 5. The average molecular weight is 335 g/mol. The number of nitrogens with one attached hydrogen (secondary N) is 2. The third-order valence-electron chi connectivity index (χ3n) is 3.77. The maximum absolute atomic E-state index is 12.2. The standard InChI is InChI=1S/C19H21N5O/c1-19(2,3)16-10-13(8-9-20-16)24-17(25)11-21-18-14-6-4-5-7-15(14)22-12-23-18/h4-10,12H,11H2,1-3H3,(H,20,24,25)(H,21,22,23). The average Bonchev–Trinajstić information content (AvgIpc) is 2.59. The van der Waals surface area contributed by atoms with Crippen LogP contribution in [0.15, 0.2) is 48.9 Å². The molecule has 25 heavy (non-hydrogen) atoms. The summed E-state index contributed by atoms with van der Waals surface area (Å²) in [4.78, 5) is 25.0. The van der Waals surface area contributed by atoms with Gasteiger partial charge in [0.2, 0.25) is 5.91 Å². The zero-order valence-corrected chi connectivity index (χ0v) is 14.6. The van der Waals surface area contributed by atoms with Gasteiger partial charge in [-0.1, -0.05) is 32.9 Å². The van der Waals surface area contributed by atoms with Crippen LogP contribution in [0.3, 0.4) is 0 Å². The van der Waals surface area contributed by atoms with Gasteiger partial charge in [0, 0.05) is 28.4 Å². The van der Waals surface area contributed by atoms with E-state index in [1.54, 1.807) is 12.3 Å². The number of pyridine rings is 1. The van der Waals surface area contributed by atoms with Gasteiger partial charge in [0.25, 0.3) is 0 Å². The van der Waals surface area contributed by atoms with Crippen LogP contribution in [0, 0.1) is 0 Å². The van der Waals surface area contributed by atoms with Crippen LogP contribution in [-0.2, 0) is 10.2 Å². The largest absolute Gasteiger partial charge is 0.360 e. The number of hydrogen-bond donors (Lipinski definition) is 2. The third kappa shape index (κ3) is 4.09. The van der Waals surface area contributed by atoms with E-state index >= 15 is 0 Å². The molecule has 2 heterocycles. The highest BCUT2D eigenvalue weighted by Gasteiger charge is 2.16. The van der Waals surface area contributed by atoms with Gasteiger partial charge in [-0.05, 0) is 24.3 Å². The van der Waals surface area contributed by atoms with E-state index in [1.165, 1.54) is 6.33 Å². The van der Waals surface area contributed by atoms with Crippen LogP contribution in [0.2, 0.25) is 0 Å². The van der Waals surface area contributed by atoms with Gasteiger partial charge in [-0.25, -0.2) is 9.97 Å². The molecule has 0 fully saturated rings. The first-order valence-corrected chi connectivity index (χ1v) is 8.13. The third-order valence-corrected chi connectivity index (χ3v) is 3.77. The molecule has 6 nitrogen and oxygen atoms in total. The summed E-state index contributed by atoms with van der Waals surface area (Å²) in [7, 11) is 0. The lowest BCUT2D eigenvalue weighted by Crippen LogP contribution is -2.23. The molecule has 0 saturated carbocycles. The van der Waals surface area contributed by atoms with E-state index in [1.807, 2.05) is 30.3 Å². The van der Waals surface area contributed by atoms with Gasteiger partial charge in [0.1, 0.15) is 12.1 Å². The predicted octanol–water partition coefficient (Wildman–Crippen LogP) is 3.37. The van der Waals surface area contributed by atoms with Crippen molar-refractivity contribution in [3.63, 3.8) is 0 Å². The van der Waals surface area contributed by atoms with E-state index in [4.69, 9.17) is 0 Å². The summed E-state index contributed by atoms with van der Waals surface area (Å²) >= 11 is 0.